The zero-order valence-electron chi connectivity index (χ0n) is 10.3. The molecular formula is C14H13ClN2O2. The molecule has 2 saturated heterocycles. The molecule has 0 amide bonds. The lowest BCUT2D eigenvalue weighted by Crippen LogP contribution is -2.71. The van der Waals surface area contributed by atoms with Crippen LogP contribution in [0.1, 0.15) is 0 Å². The molecule has 1 N–H and O–H groups in total. The van der Waals surface area contributed by atoms with E-state index < -0.39 is 0 Å². The Hall–Kier alpha value is -1.52. The van der Waals surface area contributed by atoms with Crippen LogP contribution >= 0.6 is 11.6 Å². The fourth-order valence-electron chi connectivity index (χ4n) is 2.91. The molecule has 1 aromatic carbocycles. The van der Waals surface area contributed by atoms with Gasteiger partial charge in [0, 0.05) is 37.7 Å². The maximum Gasteiger partial charge on any atom is 0.200 e. The van der Waals surface area contributed by atoms with Gasteiger partial charge in [-0.15, -0.1) is 0 Å². The first-order chi connectivity index (χ1) is 9.17. The number of fused-ring (bicyclic) bond motifs is 1. The first-order valence-electron chi connectivity index (χ1n) is 6.35. The lowest BCUT2D eigenvalue weighted by Gasteiger charge is -2.56. The van der Waals surface area contributed by atoms with Gasteiger partial charge in [-0.2, -0.15) is 0 Å². The molecule has 98 valence electrons. The monoisotopic (exact) mass is 276 g/mol. The molecule has 3 heterocycles. The van der Waals surface area contributed by atoms with Gasteiger partial charge in [-0.05, 0) is 12.1 Å². The molecule has 2 aliphatic heterocycles. The highest BCUT2D eigenvalue weighted by Gasteiger charge is 2.48. The van der Waals surface area contributed by atoms with Crippen LogP contribution < -0.4 is 15.6 Å². The average molecular weight is 277 g/mol. The molecule has 0 atom stereocenters. The van der Waals surface area contributed by atoms with E-state index in [0.29, 0.717) is 27.3 Å². The number of rotatable bonds is 1. The molecule has 1 aromatic heterocycles. The van der Waals surface area contributed by atoms with Gasteiger partial charge in [-0.3, -0.25) is 4.79 Å². The van der Waals surface area contributed by atoms with Crippen LogP contribution in [0.4, 0.5) is 5.88 Å². The van der Waals surface area contributed by atoms with Crippen LogP contribution in [0.25, 0.3) is 11.0 Å². The summed E-state index contributed by atoms with van der Waals surface area (Å²) in [4.78, 5) is 14.2. The molecular weight excluding hydrogens is 264 g/mol. The largest absolute Gasteiger partial charge is 0.439 e. The van der Waals surface area contributed by atoms with E-state index in [4.69, 9.17) is 16.0 Å². The number of hydrogen-bond donors (Lipinski definition) is 1. The van der Waals surface area contributed by atoms with Crippen molar-refractivity contribution in [2.24, 2.45) is 5.41 Å². The van der Waals surface area contributed by atoms with Crippen molar-refractivity contribution >= 4 is 28.5 Å². The van der Waals surface area contributed by atoms with Crippen molar-refractivity contribution in [3.8, 4) is 0 Å². The standard InChI is InChI=1S/C14H13ClN2O2/c15-10-3-1-2-9-11(18)4-12(19-13(9)10)17-7-14(8-17)5-16-6-14/h1-4,16H,5-8H2. The van der Waals surface area contributed by atoms with Gasteiger partial charge in [0.1, 0.15) is 0 Å². The van der Waals surface area contributed by atoms with Gasteiger partial charge in [-0.25, -0.2) is 0 Å². The predicted molar refractivity (Wildman–Crippen MR) is 75.0 cm³/mol. The molecule has 4 rings (SSSR count). The molecule has 5 heteroatoms. The summed E-state index contributed by atoms with van der Waals surface area (Å²) in [6.07, 6.45) is 0. The van der Waals surface area contributed by atoms with Crippen LogP contribution in [0.3, 0.4) is 0 Å². The van der Waals surface area contributed by atoms with Crippen LogP contribution in [0.2, 0.25) is 5.02 Å². The Balaban J connectivity index is 1.75. The van der Waals surface area contributed by atoms with Crippen LogP contribution in [0.15, 0.2) is 33.5 Å². The molecule has 19 heavy (non-hydrogen) atoms. The maximum absolute atomic E-state index is 12.1. The predicted octanol–water partition coefficient (Wildman–Crippen LogP) is 1.86. The third-order valence-electron chi connectivity index (χ3n) is 4.06. The van der Waals surface area contributed by atoms with Crippen molar-refractivity contribution in [2.45, 2.75) is 0 Å². The van der Waals surface area contributed by atoms with Crippen molar-refractivity contribution in [3.63, 3.8) is 0 Å². The Labute approximate surface area is 115 Å². The van der Waals surface area contributed by atoms with Gasteiger partial charge in [0.05, 0.1) is 10.4 Å². The second-order valence-electron chi connectivity index (χ2n) is 5.53. The van der Waals surface area contributed by atoms with E-state index in [-0.39, 0.29) is 5.43 Å². The summed E-state index contributed by atoms with van der Waals surface area (Å²) in [6.45, 7) is 4.00. The van der Waals surface area contributed by atoms with Gasteiger partial charge in [0.25, 0.3) is 0 Å². The van der Waals surface area contributed by atoms with E-state index in [2.05, 4.69) is 10.2 Å². The second kappa shape index (κ2) is 3.74. The second-order valence-corrected chi connectivity index (χ2v) is 5.93. The Morgan fingerprint density at radius 2 is 2.11 bits per heavy atom. The normalized spacial score (nSPS) is 20.4. The fourth-order valence-corrected chi connectivity index (χ4v) is 3.12. The molecule has 4 nitrogen and oxygen atoms in total. The van der Waals surface area contributed by atoms with Crippen molar-refractivity contribution in [3.05, 3.63) is 39.5 Å². The minimum Gasteiger partial charge on any atom is -0.439 e. The SMILES string of the molecule is O=c1cc(N2CC3(CNC3)C2)oc2c(Cl)cccc12. The third-order valence-corrected chi connectivity index (χ3v) is 4.36. The maximum atomic E-state index is 12.1. The van der Waals surface area contributed by atoms with Crippen LogP contribution in [0, 0.1) is 5.41 Å². The lowest BCUT2D eigenvalue weighted by atomic mass is 9.74. The number of nitrogens with one attached hydrogen (secondary N) is 1. The molecule has 0 unspecified atom stereocenters. The number of hydrogen-bond acceptors (Lipinski definition) is 4. The first-order valence-corrected chi connectivity index (χ1v) is 6.73. The zero-order chi connectivity index (χ0) is 13.0. The van der Waals surface area contributed by atoms with E-state index in [9.17, 15) is 4.79 Å². The van der Waals surface area contributed by atoms with Gasteiger partial charge >= 0.3 is 0 Å². The van der Waals surface area contributed by atoms with Crippen LogP contribution in [0.5, 0.6) is 0 Å². The molecule has 0 radical (unpaired) electrons. The van der Waals surface area contributed by atoms with Gasteiger partial charge in [0.15, 0.2) is 16.9 Å². The molecule has 0 saturated carbocycles. The summed E-state index contributed by atoms with van der Waals surface area (Å²) in [5.74, 6) is 0.628. The minimum absolute atomic E-state index is 0.0357. The zero-order valence-corrected chi connectivity index (χ0v) is 11.0. The number of para-hydroxylation sites is 1. The summed E-state index contributed by atoms with van der Waals surface area (Å²) in [7, 11) is 0. The highest BCUT2D eigenvalue weighted by Crippen LogP contribution is 2.38. The minimum atomic E-state index is -0.0357. The quantitative estimate of drug-likeness (QED) is 0.864. The fraction of sp³-hybridized carbons (Fsp3) is 0.357. The van der Waals surface area contributed by atoms with E-state index in [1.807, 2.05) is 0 Å². The smallest absolute Gasteiger partial charge is 0.200 e. The molecule has 2 aromatic rings. The topological polar surface area (TPSA) is 45.5 Å². The Morgan fingerprint density at radius 1 is 1.32 bits per heavy atom. The first kappa shape index (κ1) is 11.3. The van der Waals surface area contributed by atoms with Crippen molar-refractivity contribution in [2.75, 3.05) is 31.1 Å². The van der Waals surface area contributed by atoms with Crippen LogP contribution in [-0.4, -0.2) is 26.2 Å². The van der Waals surface area contributed by atoms with E-state index in [1.54, 1.807) is 24.3 Å². The Bertz CT molecular complexity index is 713. The molecule has 2 fully saturated rings. The summed E-state index contributed by atoms with van der Waals surface area (Å²) in [5, 5.41) is 4.31. The van der Waals surface area contributed by atoms with Crippen molar-refractivity contribution in [1.82, 2.24) is 5.32 Å². The van der Waals surface area contributed by atoms with E-state index >= 15 is 0 Å². The van der Waals surface area contributed by atoms with Crippen molar-refractivity contribution in [1.29, 1.82) is 0 Å². The van der Waals surface area contributed by atoms with E-state index in [0.717, 1.165) is 26.2 Å². The number of anilines is 1. The highest BCUT2D eigenvalue weighted by atomic mass is 35.5. The number of benzene rings is 1. The average Bonchev–Trinajstić information content (AvgIpc) is 2.27. The molecule has 0 aliphatic carbocycles. The van der Waals surface area contributed by atoms with Gasteiger partial charge in [-0.1, -0.05) is 17.7 Å². The molecule has 2 aliphatic rings. The third kappa shape index (κ3) is 1.60. The highest BCUT2D eigenvalue weighted by molar-refractivity contribution is 6.34. The van der Waals surface area contributed by atoms with Crippen LogP contribution in [-0.2, 0) is 0 Å². The Morgan fingerprint density at radius 3 is 2.79 bits per heavy atom. The van der Waals surface area contributed by atoms with E-state index in [1.165, 1.54) is 0 Å². The van der Waals surface area contributed by atoms with Gasteiger partial charge < -0.3 is 14.6 Å². The summed E-state index contributed by atoms with van der Waals surface area (Å²) >= 11 is 6.10. The summed E-state index contributed by atoms with van der Waals surface area (Å²) in [6, 6.07) is 6.81. The van der Waals surface area contributed by atoms with Gasteiger partial charge in [0.2, 0.25) is 0 Å². The molecule has 1 spiro atoms. The summed E-state index contributed by atoms with van der Waals surface area (Å²) in [5.41, 5.74) is 0.847. The lowest BCUT2D eigenvalue weighted by molar-refractivity contribution is 0.116. The Kier molecular flexibility index (Phi) is 2.23. The number of halogens is 1. The molecule has 0 bridgehead atoms. The van der Waals surface area contributed by atoms with Crippen molar-refractivity contribution < 1.29 is 4.42 Å². The number of nitrogens with zero attached hydrogens (tertiary/aromatic N) is 1. The summed E-state index contributed by atoms with van der Waals surface area (Å²) < 4.78 is 5.81.